The van der Waals surface area contributed by atoms with Gasteiger partial charge in [0, 0.05) is 17.1 Å². The minimum absolute atomic E-state index is 0.126. The average molecular weight is 565 g/mol. The first kappa shape index (κ1) is 27.2. The average Bonchev–Trinajstić information content (AvgIpc) is 3.30. The van der Waals surface area contributed by atoms with Gasteiger partial charge in [-0.05, 0) is 55.5 Å². The van der Waals surface area contributed by atoms with Crippen molar-refractivity contribution in [1.82, 2.24) is 10.2 Å². The van der Waals surface area contributed by atoms with Crippen molar-refractivity contribution in [3.8, 4) is 0 Å². The lowest BCUT2D eigenvalue weighted by atomic mass is 10.1. The number of halogens is 1. The maximum atomic E-state index is 13.7. The van der Waals surface area contributed by atoms with E-state index in [0.29, 0.717) is 16.6 Å². The number of amides is 2. The molecule has 2 aromatic rings. The van der Waals surface area contributed by atoms with Crippen LogP contribution in [0, 0.1) is 6.92 Å². The standard InChI is InChI=1S/C26H34BrN3O4S/c1-4-24(26(32)28-22-13-7-8-14-22)29(17-20-11-6-5-10-19(20)2)25(31)18-30(35(3,33)34)23-15-9-12-21(27)16-23/h5-6,9-12,15-16,22,24H,4,7-8,13-14,17-18H2,1-3H3,(H,28,32)/t24-/m0/s1. The molecule has 3 rings (SSSR count). The number of anilines is 1. The van der Waals surface area contributed by atoms with Crippen molar-refractivity contribution in [2.45, 2.75) is 64.6 Å². The summed E-state index contributed by atoms with van der Waals surface area (Å²) in [7, 11) is -3.75. The highest BCUT2D eigenvalue weighted by molar-refractivity contribution is 9.10. The summed E-state index contributed by atoms with van der Waals surface area (Å²) in [5.74, 6) is -0.609. The molecule has 0 unspecified atom stereocenters. The molecule has 35 heavy (non-hydrogen) atoms. The molecular weight excluding hydrogens is 530 g/mol. The van der Waals surface area contributed by atoms with Crippen LogP contribution in [0.3, 0.4) is 0 Å². The van der Waals surface area contributed by atoms with Crippen LogP contribution in [-0.2, 0) is 26.2 Å². The molecule has 0 spiro atoms. The molecule has 0 aliphatic heterocycles. The zero-order valence-corrected chi connectivity index (χ0v) is 22.9. The second-order valence-electron chi connectivity index (χ2n) is 9.11. The summed E-state index contributed by atoms with van der Waals surface area (Å²) >= 11 is 3.37. The van der Waals surface area contributed by atoms with E-state index < -0.39 is 28.5 Å². The molecule has 1 N–H and O–H groups in total. The Morgan fingerprint density at radius 1 is 1.11 bits per heavy atom. The van der Waals surface area contributed by atoms with Crippen LogP contribution in [0.2, 0.25) is 0 Å². The summed E-state index contributed by atoms with van der Waals surface area (Å²) in [6.45, 7) is 3.66. The molecule has 0 heterocycles. The minimum atomic E-state index is -3.75. The predicted molar refractivity (Wildman–Crippen MR) is 143 cm³/mol. The van der Waals surface area contributed by atoms with Gasteiger partial charge in [-0.2, -0.15) is 0 Å². The Morgan fingerprint density at radius 3 is 2.40 bits per heavy atom. The largest absolute Gasteiger partial charge is 0.352 e. The van der Waals surface area contributed by atoms with Gasteiger partial charge < -0.3 is 10.2 Å². The van der Waals surface area contributed by atoms with Gasteiger partial charge in [0.15, 0.2) is 0 Å². The van der Waals surface area contributed by atoms with Gasteiger partial charge in [-0.25, -0.2) is 8.42 Å². The molecule has 190 valence electrons. The van der Waals surface area contributed by atoms with E-state index in [4.69, 9.17) is 0 Å². The summed E-state index contributed by atoms with van der Waals surface area (Å²) in [5.41, 5.74) is 2.30. The van der Waals surface area contributed by atoms with E-state index in [2.05, 4.69) is 21.2 Å². The number of nitrogens with one attached hydrogen (secondary N) is 1. The van der Waals surface area contributed by atoms with Crippen LogP contribution in [0.4, 0.5) is 5.69 Å². The first-order valence-corrected chi connectivity index (χ1v) is 14.6. The second-order valence-corrected chi connectivity index (χ2v) is 11.9. The Morgan fingerprint density at radius 2 is 1.80 bits per heavy atom. The molecule has 7 nitrogen and oxygen atoms in total. The van der Waals surface area contributed by atoms with E-state index in [1.807, 2.05) is 38.1 Å². The highest BCUT2D eigenvalue weighted by Crippen LogP contribution is 2.24. The normalized spacial score (nSPS) is 15.0. The smallest absolute Gasteiger partial charge is 0.244 e. The highest BCUT2D eigenvalue weighted by atomic mass is 79.9. The maximum Gasteiger partial charge on any atom is 0.244 e. The van der Waals surface area contributed by atoms with E-state index in [1.165, 1.54) is 4.90 Å². The Bertz CT molecular complexity index is 1150. The van der Waals surface area contributed by atoms with Gasteiger partial charge in [0.1, 0.15) is 12.6 Å². The summed E-state index contributed by atoms with van der Waals surface area (Å²) in [6.07, 6.45) is 5.56. The van der Waals surface area contributed by atoms with Crippen LogP contribution in [0.5, 0.6) is 0 Å². The Hall–Kier alpha value is -2.39. The lowest BCUT2D eigenvalue weighted by Crippen LogP contribution is -2.53. The number of nitrogens with zero attached hydrogens (tertiary/aromatic N) is 2. The Kier molecular flexibility index (Phi) is 9.35. The zero-order chi connectivity index (χ0) is 25.6. The summed E-state index contributed by atoms with van der Waals surface area (Å²) < 4.78 is 27.1. The lowest BCUT2D eigenvalue weighted by molar-refractivity contribution is -0.140. The number of aryl methyl sites for hydroxylation is 1. The van der Waals surface area contributed by atoms with Crippen molar-refractivity contribution in [1.29, 1.82) is 0 Å². The van der Waals surface area contributed by atoms with E-state index in [9.17, 15) is 18.0 Å². The Labute approximate surface area is 217 Å². The third kappa shape index (κ3) is 7.30. The second kappa shape index (κ2) is 12.0. The molecule has 1 atom stereocenters. The molecule has 1 saturated carbocycles. The van der Waals surface area contributed by atoms with Crippen molar-refractivity contribution in [2.75, 3.05) is 17.1 Å². The van der Waals surface area contributed by atoms with Crippen molar-refractivity contribution in [2.24, 2.45) is 0 Å². The number of rotatable bonds is 10. The molecular formula is C26H34BrN3O4S. The molecule has 2 aromatic carbocycles. The quantitative estimate of drug-likeness (QED) is 0.464. The Balaban J connectivity index is 1.93. The van der Waals surface area contributed by atoms with Crippen molar-refractivity contribution < 1.29 is 18.0 Å². The van der Waals surface area contributed by atoms with Gasteiger partial charge in [0.05, 0.1) is 11.9 Å². The van der Waals surface area contributed by atoms with E-state index >= 15 is 0 Å². The summed E-state index contributed by atoms with van der Waals surface area (Å²) in [5, 5.41) is 3.12. The van der Waals surface area contributed by atoms with Gasteiger partial charge in [-0.3, -0.25) is 13.9 Å². The topological polar surface area (TPSA) is 86.8 Å². The van der Waals surface area contributed by atoms with Crippen LogP contribution in [0.1, 0.15) is 50.2 Å². The van der Waals surface area contributed by atoms with E-state index in [0.717, 1.165) is 47.4 Å². The van der Waals surface area contributed by atoms with Crippen LogP contribution < -0.4 is 9.62 Å². The van der Waals surface area contributed by atoms with Crippen LogP contribution >= 0.6 is 15.9 Å². The van der Waals surface area contributed by atoms with Crippen molar-refractivity contribution >= 4 is 43.5 Å². The number of carbonyl (C=O) groups excluding carboxylic acids is 2. The monoisotopic (exact) mass is 563 g/mol. The number of hydrogen-bond acceptors (Lipinski definition) is 4. The summed E-state index contributed by atoms with van der Waals surface area (Å²) in [4.78, 5) is 28.6. The maximum absolute atomic E-state index is 13.7. The minimum Gasteiger partial charge on any atom is -0.352 e. The number of carbonyl (C=O) groups is 2. The molecule has 0 radical (unpaired) electrons. The van der Waals surface area contributed by atoms with Gasteiger partial charge >= 0.3 is 0 Å². The SMILES string of the molecule is CC[C@@H](C(=O)NC1CCCC1)N(Cc1ccccc1C)C(=O)CN(c1cccc(Br)c1)S(C)(=O)=O. The van der Waals surface area contributed by atoms with Crippen molar-refractivity contribution in [3.05, 3.63) is 64.1 Å². The van der Waals surface area contributed by atoms with E-state index in [1.54, 1.807) is 24.3 Å². The number of hydrogen-bond donors (Lipinski definition) is 1. The van der Waals surface area contributed by atoms with Crippen LogP contribution in [-0.4, -0.2) is 50.0 Å². The van der Waals surface area contributed by atoms with Crippen LogP contribution in [0.25, 0.3) is 0 Å². The van der Waals surface area contributed by atoms with E-state index in [-0.39, 0.29) is 18.5 Å². The predicted octanol–water partition coefficient (Wildman–Crippen LogP) is 4.39. The third-order valence-electron chi connectivity index (χ3n) is 6.46. The van der Waals surface area contributed by atoms with Crippen molar-refractivity contribution in [3.63, 3.8) is 0 Å². The fraction of sp³-hybridized carbons (Fsp3) is 0.462. The fourth-order valence-corrected chi connectivity index (χ4v) is 5.73. The molecule has 1 fully saturated rings. The first-order valence-electron chi connectivity index (χ1n) is 12.0. The lowest BCUT2D eigenvalue weighted by Gasteiger charge is -2.33. The molecule has 1 aliphatic carbocycles. The molecule has 0 aromatic heterocycles. The zero-order valence-electron chi connectivity index (χ0n) is 20.5. The summed E-state index contributed by atoms with van der Waals surface area (Å²) in [6, 6.07) is 13.9. The van der Waals surface area contributed by atoms with Gasteiger partial charge in [-0.15, -0.1) is 0 Å². The molecule has 9 heteroatoms. The molecule has 2 amide bonds. The highest BCUT2D eigenvalue weighted by Gasteiger charge is 2.33. The number of sulfonamides is 1. The molecule has 0 saturated heterocycles. The third-order valence-corrected chi connectivity index (χ3v) is 8.10. The van der Waals surface area contributed by atoms with Gasteiger partial charge in [0.2, 0.25) is 21.8 Å². The fourth-order valence-electron chi connectivity index (χ4n) is 4.50. The number of benzene rings is 2. The molecule has 0 bridgehead atoms. The van der Waals surface area contributed by atoms with Crippen LogP contribution in [0.15, 0.2) is 53.0 Å². The van der Waals surface area contributed by atoms with Gasteiger partial charge in [0.25, 0.3) is 0 Å². The first-order chi connectivity index (χ1) is 16.6. The van der Waals surface area contributed by atoms with Gasteiger partial charge in [-0.1, -0.05) is 66.0 Å². The molecule has 1 aliphatic rings.